The van der Waals surface area contributed by atoms with Crippen LogP contribution < -0.4 is 10.5 Å². The van der Waals surface area contributed by atoms with Crippen molar-refractivity contribution in [3.05, 3.63) is 54.6 Å². The minimum Gasteiger partial charge on any atom is -0.490 e. The summed E-state index contributed by atoms with van der Waals surface area (Å²) in [5.74, 6) is -0.0353. The molecule has 1 unspecified atom stereocenters. The largest absolute Gasteiger partial charge is 0.490 e. The molecule has 0 bridgehead atoms. The van der Waals surface area contributed by atoms with Gasteiger partial charge in [-0.2, -0.15) is 5.10 Å². The van der Waals surface area contributed by atoms with Crippen molar-refractivity contribution >= 4 is 5.91 Å². The molecule has 150 valence electrons. The summed E-state index contributed by atoms with van der Waals surface area (Å²) >= 11 is 0. The number of hydrogen-bond donors (Lipinski definition) is 1. The molecule has 3 heterocycles. The predicted octanol–water partition coefficient (Wildman–Crippen LogP) is 3.46. The zero-order chi connectivity index (χ0) is 20.4. The molecule has 0 saturated carbocycles. The summed E-state index contributed by atoms with van der Waals surface area (Å²) in [6.07, 6.45) is 8.39. The molecule has 1 saturated heterocycles. The highest BCUT2D eigenvalue weighted by Gasteiger charge is 2.19. The normalized spacial score (nSPS) is 16.3. The Kier molecular flexibility index (Phi) is 5.31. The number of amides is 1. The topological polar surface area (TPSA) is 92.3 Å². The Morgan fingerprint density at radius 3 is 2.66 bits per heavy atom. The molecule has 1 aromatic carbocycles. The molecule has 1 fully saturated rings. The second kappa shape index (κ2) is 8.05. The number of aromatic nitrogens is 3. The van der Waals surface area contributed by atoms with Gasteiger partial charge in [0.2, 0.25) is 0 Å². The second-order valence-electron chi connectivity index (χ2n) is 7.43. The van der Waals surface area contributed by atoms with Crippen LogP contribution in [0.1, 0.15) is 36.7 Å². The van der Waals surface area contributed by atoms with Crippen molar-refractivity contribution in [1.29, 1.82) is 0 Å². The predicted molar refractivity (Wildman–Crippen MR) is 110 cm³/mol. The number of primary amides is 1. The van der Waals surface area contributed by atoms with Gasteiger partial charge in [-0.1, -0.05) is 6.07 Å². The summed E-state index contributed by atoms with van der Waals surface area (Å²) in [4.78, 5) is 16.1. The molecule has 7 heteroatoms. The van der Waals surface area contributed by atoms with Crippen molar-refractivity contribution in [1.82, 2.24) is 14.8 Å². The van der Waals surface area contributed by atoms with E-state index in [1.165, 1.54) is 0 Å². The Bertz CT molecular complexity index is 1020. The Labute approximate surface area is 169 Å². The van der Waals surface area contributed by atoms with E-state index in [9.17, 15) is 4.79 Å². The maximum absolute atomic E-state index is 11.7. The lowest BCUT2D eigenvalue weighted by Gasteiger charge is -2.14. The van der Waals surface area contributed by atoms with Gasteiger partial charge in [-0.05, 0) is 44.0 Å². The summed E-state index contributed by atoms with van der Waals surface area (Å²) in [5, 5.41) is 4.49. The fraction of sp³-hybridized carbons (Fsp3) is 0.318. The molecule has 29 heavy (non-hydrogen) atoms. The standard InChI is InChI=1S/C22H24N4O3/c1-14(2)29-21-8-15(3-4-20(21)22(23)27)16-7-17(10-24-9-16)18-11-25-26(12-18)19-5-6-28-13-19/h3-4,7-12,14,19H,5-6,13H2,1-2H3,(H2,23,27). The van der Waals surface area contributed by atoms with Crippen LogP contribution in [0.3, 0.4) is 0 Å². The van der Waals surface area contributed by atoms with Crippen molar-refractivity contribution in [3.8, 4) is 28.0 Å². The third-order valence-electron chi connectivity index (χ3n) is 4.90. The molecule has 2 N–H and O–H groups in total. The first kappa shape index (κ1) is 19.1. The van der Waals surface area contributed by atoms with Crippen LogP contribution in [0, 0.1) is 0 Å². The molecule has 1 aliphatic heterocycles. The highest BCUT2D eigenvalue weighted by molar-refractivity contribution is 5.96. The van der Waals surface area contributed by atoms with Crippen molar-refractivity contribution in [2.75, 3.05) is 13.2 Å². The van der Waals surface area contributed by atoms with Gasteiger partial charge in [0.25, 0.3) is 5.91 Å². The smallest absolute Gasteiger partial charge is 0.252 e. The molecule has 3 aromatic rings. The molecular formula is C22H24N4O3. The molecule has 1 aliphatic rings. The van der Waals surface area contributed by atoms with Gasteiger partial charge in [0.05, 0.1) is 30.5 Å². The van der Waals surface area contributed by atoms with Crippen molar-refractivity contribution < 1.29 is 14.3 Å². The molecule has 1 amide bonds. The summed E-state index contributed by atoms with van der Waals surface area (Å²) in [7, 11) is 0. The van der Waals surface area contributed by atoms with E-state index < -0.39 is 5.91 Å². The lowest BCUT2D eigenvalue weighted by Crippen LogP contribution is -2.15. The minimum atomic E-state index is -0.512. The van der Waals surface area contributed by atoms with Crippen LogP contribution in [0.4, 0.5) is 0 Å². The average molecular weight is 392 g/mol. The van der Waals surface area contributed by atoms with Gasteiger partial charge in [0.1, 0.15) is 5.75 Å². The Hall–Kier alpha value is -3.19. The maximum Gasteiger partial charge on any atom is 0.252 e. The van der Waals surface area contributed by atoms with E-state index in [2.05, 4.69) is 16.1 Å². The molecular weight excluding hydrogens is 368 g/mol. The number of hydrogen-bond acceptors (Lipinski definition) is 5. The van der Waals surface area contributed by atoms with Gasteiger partial charge in [0, 0.05) is 41.9 Å². The second-order valence-corrected chi connectivity index (χ2v) is 7.43. The summed E-state index contributed by atoms with van der Waals surface area (Å²) in [6.45, 7) is 5.29. The first-order valence-corrected chi connectivity index (χ1v) is 9.69. The van der Waals surface area contributed by atoms with Gasteiger partial charge < -0.3 is 15.2 Å². The van der Waals surface area contributed by atoms with E-state index in [4.69, 9.17) is 15.2 Å². The zero-order valence-electron chi connectivity index (χ0n) is 16.5. The number of carbonyl (C=O) groups excluding carboxylic acids is 1. The van der Waals surface area contributed by atoms with Crippen molar-refractivity contribution in [2.45, 2.75) is 32.4 Å². The van der Waals surface area contributed by atoms with E-state index >= 15 is 0 Å². The Morgan fingerprint density at radius 2 is 1.97 bits per heavy atom. The van der Waals surface area contributed by atoms with Crippen molar-refractivity contribution in [3.63, 3.8) is 0 Å². The first-order chi connectivity index (χ1) is 14.0. The van der Waals surface area contributed by atoms with Crippen LogP contribution in [-0.4, -0.2) is 40.0 Å². The van der Waals surface area contributed by atoms with Crippen LogP contribution in [-0.2, 0) is 4.74 Å². The Morgan fingerprint density at radius 1 is 1.17 bits per heavy atom. The van der Waals surface area contributed by atoms with Crippen LogP contribution in [0.25, 0.3) is 22.3 Å². The first-order valence-electron chi connectivity index (χ1n) is 9.69. The van der Waals surface area contributed by atoms with Crippen LogP contribution in [0.5, 0.6) is 5.75 Å². The molecule has 1 atom stereocenters. The molecule has 4 rings (SSSR count). The molecule has 7 nitrogen and oxygen atoms in total. The molecule has 0 radical (unpaired) electrons. The van der Waals surface area contributed by atoms with E-state index in [0.717, 1.165) is 35.3 Å². The summed E-state index contributed by atoms with van der Waals surface area (Å²) < 4.78 is 13.2. The SMILES string of the molecule is CC(C)Oc1cc(-c2cncc(-c3cnn(C4CCOC4)c3)c2)ccc1C(N)=O. The van der Waals surface area contributed by atoms with Gasteiger partial charge in [-0.15, -0.1) is 0 Å². The van der Waals surface area contributed by atoms with E-state index in [1.807, 2.05) is 49.3 Å². The molecule has 0 aliphatic carbocycles. The van der Waals surface area contributed by atoms with Gasteiger partial charge in [0.15, 0.2) is 0 Å². The van der Waals surface area contributed by atoms with Crippen LogP contribution in [0.15, 0.2) is 49.1 Å². The third kappa shape index (κ3) is 4.14. The monoisotopic (exact) mass is 392 g/mol. The zero-order valence-corrected chi connectivity index (χ0v) is 16.5. The molecule has 0 spiro atoms. The third-order valence-corrected chi connectivity index (χ3v) is 4.90. The average Bonchev–Trinajstić information content (AvgIpc) is 3.39. The molecule has 2 aromatic heterocycles. The number of ether oxygens (including phenoxy) is 2. The number of rotatable bonds is 6. The van der Waals surface area contributed by atoms with Gasteiger partial charge >= 0.3 is 0 Å². The fourth-order valence-corrected chi connectivity index (χ4v) is 3.43. The quantitative estimate of drug-likeness (QED) is 0.693. The van der Waals surface area contributed by atoms with E-state index in [1.54, 1.807) is 12.3 Å². The lowest BCUT2D eigenvalue weighted by atomic mass is 10.0. The number of nitrogens with zero attached hydrogens (tertiary/aromatic N) is 3. The van der Waals surface area contributed by atoms with Gasteiger partial charge in [-0.25, -0.2) is 0 Å². The van der Waals surface area contributed by atoms with Gasteiger partial charge in [-0.3, -0.25) is 14.5 Å². The minimum absolute atomic E-state index is 0.0711. The summed E-state index contributed by atoms with van der Waals surface area (Å²) in [6, 6.07) is 7.73. The van der Waals surface area contributed by atoms with Crippen molar-refractivity contribution in [2.24, 2.45) is 5.73 Å². The number of carbonyl (C=O) groups is 1. The maximum atomic E-state index is 11.7. The number of nitrogens with two attached hydrogens (primary N) is 1. The van der Waals surface area contributed by atoms with E-state index in [0.29, 0.717) is 17.9 Å². The Balaban J connectivity index is 1.66. The lowest BCUT2D eigenvalue weighted by molar-refractivity contribution is 0.0994. The fourth-order valence-electron chi connectivity index (χ4n) is 3.43. The summed E-state index contributed by atoms with van der Waals surface area (Å²) in [5.41, 5.74) is 9.64. The number of pyridine rings is 1. The van der Waals surface area contributed by atoms with Crippen LogP contribution >= 0.6 is 0 Å². The highest BCUT2D eigenvalue weighted by atomic mass is 16.5. The highest BCUT2D eigenvalue weighted by Crippen LogP contribution is 2.30. The number of benzene rings is 1. The van der Waals surface area contributed by atoms with E-state index in [-0.39, 0.29) is 12.1 Å². The van der Waals surface area contributed by atoms with Crippen LogP contribution in [0.2, 0.25) is 0 Å².